The molecule has 122 valence electrons. The molecule has 6 nitrogen and oxygen atoms in total. The third-order valence-corrected chi connectivity index (χ3v) is 4.37. The Morgan fingerprint density at radius 1 is 1.25 bits per heavy atom. The highest BCUT2D eigenvalue weighted by Crippen LogP contribution is 2.34. The van der Waals surface area contributed by atoms with Gasteiger partial charge >= 0.3 is 0 Å². The van der Waals surface area contributed by atoms with Crippen molar-refractivity contribution >= 4 is 34.7 Å². The number of amides is 1. The van der Waals surface area contributed by atoms with Crippen molar-refractivity contribution in [2.75, 3.05) is 6.54 Å². The summed E-state index contributed by atoms with van der Waals surface area (Å²) in [5.74, 6) is -0.0378. The van der Waals surface area contributed by atoms with Gasteiger partial charge in [-0.3, -0.25) is 9.69 Å². The van der Waals surface area contributed by atoms with Gasteiger partial charge in [0, 0.05) is 12.7 Å². The van der Waals surface area contributed by atoms with Gasteiger partial charge in [-0.05, 0) is 54.6 Å². The predicted octanol–water partition coefficient (Wildman–Crippen LogP) is 3.12. The molecule has 2 aromatic rings. The number of hydrogen-bond donors (Lipinski definition) is 2. The first-order valence-electron chi connectivity index (χ1n) is 7.31. The number of phenolic OH excluding ortho intramolecular Hbond substituents is 2. The molecule has 1 aromatic carbocycles. The van der Waals surface area contributed by atoms with Crippen molar-refractivity contribution in [2.45, 2.75) is 6.92 Å². The van der Waals surface area contributed by atoms with Gasteiger partial charge in [-0.25, -0.2) is 9.98 Å². The molecule has 3 rings (SSSR count). The van der Waals surface area contributed by atoms with Crippen LogP contribution in [0.5, 0.6) is 11.5 Å². The minimum Gasteiger partial charge on any atom is -0.504 e. The van der Waals surface area contributed by atoms with Gasteiger partial charge in [-0.2, -0.15) is 0 Å². The maximum atomic E-state index is 12.5. The fourth-order valence-electron chi connectivity index (χ4n) is 2.17. The lowest BCUT2D eigenvalue weighted by molar-refractivity contribution is -0.122. The number of amidine groups is 1. The Morgan fingerprint density at radius 2 is 2.08 bits per heavy atom. The maximum absolute atomic E-state index is 12.5. The van der Waals surface area contributed by atoms with Crippen LogP contribution in [0, 0.1) is 0 Å². The van der Waals surface area contributed by atoms with Gasteiger partial charge in [0.15, 0.2) is 22.5 Å². The van der Waals surface area contributed by atoms with Gasteiger partial charge < -0.3 is 10.2 Å². The van der Waals surface area contributed by atoms with Crippen LogP contribution in [0.3, 0.4) is 0 Å². The average molecular weight is 341 g/mol. The fourth-order valence-corrected chi connectivity index (χ4v) is 3.22. The van der Waals surface area contributed by atoms with Crippen molar-refractivity contribution in [2.24, 2.45) is 4.99 Å². The van der Waals surface area contributed by atoms with E-state index in [4.69, 9.17) is 0 Å². The summed E-state index contributed by atoms with van der Waals surface area (Å²) in [5, 5.41) is 19.5. The van der Waals surface area contributed by atoms with Gasteiger partial charge in [0.25, 0.3) is 5.91 Å². The van der Waals surface area contributed by atoms with E-state index >= 15 is 0 Å². The van der Waals surface area contributed by atoms with E-state index in [0.717, 1.165) is 0 Å². The average Bonchev–Trinajstić information content (AvgIpc) is 2.87. The summed E-state index contributed by atoms with van der Waals surface area (Å²) in [6, 6.07) is 9.81. The standard InChI is InChI=1S/C17H15N3O3S/c1-2-20-16(23)14(10-11-6-7-12(21)13(22)9-11)24-17(20)19-15-5-3-4-8-18-15/h3-10,21-22H,2H2,1H3/b14-10-,19-17+. The summed E-state index contributed by atoms with van der Waals surface area (Å²) in [6.07, 6.45) is 3.31. The highest BCUT2D eigenvalue weighted by Gasteiger charge is 2.32. The van der Waals surface area contributed by atoms with Crippen LogP contribution in [-0.4, -0.2) is 37.7 Å². The van der Waals surface area contributed by atoms with Crippen LogP contribution in [0.25, 0.3) is 6.08 Å². The molecule has 0 atom stereocenters. The Bertz CT molecular complexity index is 834. The Morgan fingerprint density at radius 3 is 2.75 bits per heavy atom. The molecule has 0 bridgehead atoms. The molecule has 0 saturated carbocycles. The highest BCUT2D eigenvalue weighted by atomic mass is 32.2. The minimum atomic E-state index is -0.227. The summed E-state index contributed by atoms with van der Waals surface area (Å²) in [5.41, 5.74) is 0.622. The molecule has 2 N–H and O–H groups in total. The number of benzene rings is 1. The zero-order chi connectivity index (χ0) is 17.1. The molecule has 7 heteroatoms. The third kappa shape index (κ3) is 3.26. The van der Waals surface area contributed by atoms with Crippen molar-refractivity contribution in [3.05, 3.63) is 53.1 Å². The van der Waals surface area contributed by atoms with Crippen LogP contribution >= 0.6 is 11.8 Å². The van der Waals surface area contributed by atoms with Gasteiger partial charge in [0.1, 0.15) is 0 Å². The quantitative estimate of drug-likeness (QED) is 0.662. The number of aliphatic imine (C=N–C) groups is 1. The molecule has 2 heterocycles. The first-order valence-corrected chi connectivity index (χ1v) is 8.13. The maximum Gasteiger partial charge on any atom is 0.266 e. The van der Waals surface area contributed by atoms with Crippen LogP contribution < -0.4 is 0 Å². The van der Waals surface area contributed by atoms with Crippen LogP contribution in [0.2, 0.25) is 0 Å². The lowest BCUT2D eigenvalue weighted by atomic mass is 10.2. The first-order chi connectivity index (χ1) is 11.6. The van der Waals surface area contributed by atoms with E-state index in [1.807, 2.05) is 13.0 Å². The van der Waals surface area contributed by atoms with E-state index in [2.05, 4.69) is 9.98 Å². The molecule has 1 saturated heterocycles. The summed E-state index contributed by atoms with van der Waals surface area (Å²) < 4.78 is 0. The fraction of sp³-hybridized carbons (Fsp3) is 0.118. The van der Waals surface area contributed by atoms with Gasteiger partial charge in [0.05, 0.1) is 4.91 Å². The molecule has 0 aliphatic carbocycles. The molecule has 0 radical (unpaired) electrons. The lowest BCUT2D eigenvalue weighted by Crippen LogP contribution is -2.28. The minimum absolute atomic E-state index is 0.148. The molecular formula is C17H15N3O3S. The summed E-state index contributed by atoms with van der Waals surface area (Å²) in [7, 11) is 0. The third-order valence-electron chi connectivity index (χ3n) is 3.36. The number of likely N-dealkylation sites (N-methyl/N-ethyl adjacent to an activating group) is 1. The number of aromatic nitrogens is 1. The van der Waals surface area contributed by atoms with Gasteiger partial charge in [-0.1, -0.05) is 12.1 Å². The molecule has 1 fully saturated rings. The second kappa shape index (κ2) is 6.76. The second-order valence-electron chi connectivity index (χ2n) is 4.99. The number of carbonyl (C=O) groups excluding carboxylic acids is 1. The molecule has 1 aromatic heterocycles. The Hall–Kier alpha value is -2.80. The topological polar surface area (TPSA) is 86.0 Å². The van der Waals surface area contributed by atoms with Crippen molar-refractivity contribution in [1.82, 2.24) is 9.88 Å². The highest BCUT2D eigenvalue weighted by molar-refractivity contribution is 8.18. The number of aromatic hydroxyl groups is 2. The molecule has 0 spiro atoms. The molecule has 0 unspecified atom stereocenters. The summed E-state index contributed by atoms with van der Waals surface area (Å²) in [6.45, 7) is 2.37. The normalized spacial score (nSPS) is 17.9. The Kier molecular flexibility index (Phi) is 4.52. The molecular weight excluding hydrogens is 326 g/mol. The SMILES string of the molecule is CCN1C(=O)/C(=C/c2ccc(O)c(O)c2)S/C1=N/c1ccccn1. The number of nitrogens with zero attached hydrogens (tertiary/aromatic N) is 3. The van der Waals surface area contributed by atoms with E-state index in [-0.39, 0.29) is 17.4 Å². The largest absolute Gasteiger partial charge is 0.504 e. The zero-order valence-electron chi connectivity index (χ0n) is 12.9. The van der Waals surface area contributed by atoms with E-state index < -0.39 is 0 Å². The first kappa shape index (κ1) is 16.1. The van der Waals surface area contributed by atoms with Crippen LogP contribution in [0.15, 0.2) is 52.5 Å². The predicted molar refractivity (Wildman–Crippen MR) is 94.1 cm³/mol. The summed E-state index contributed by atoms with van der Waals surface area (Å²) in [4.78, 5) is 23.2. The van der Waals surface area contributed by atoms with E-state index in [1.54, 1.807) is 35.4 Å². The van der Waals surface area contributed by atoms with Crippen molar-refractivity contribution in [3.63, 3.8) is 0 Å². The number of thioether (sulfide) groups is 1. The molecule has 1 aliphatic rings. The number of rotatable bonds is 3. The van der Waals surface area contributed by atoms with E-state index in [1.165, 1.54) is 23.9 Å². The molecule has 1 aliphatic heterocycles. The monoisotopic (exact) mass is 341 g/mol. The van der Waals surface area contributed by atoms with Gasteiger partial charge in [0.2, 0.25) is 0 Å². The second-order valence-corrected chi connectivity index (χ2v) is 6.00. The number of hydrogen-bond acceptors (Lipinski definition) is 6. The summed E-state index contributed by atoms with van der Waals surface area (Å²) >= 11 is 1.25. The zero-order valence-corrected chi connectivity index (χ0v) is 13.7. The Labute approximate surface area is 143 Å². The molecule has 1 amide bonds. The Balaban J connectivity index is 1.93. The number of pyridine rings is 1. The lowest BCUT2D eigenvalue weighted by Gasteiger charge is -2.11. The van der Waals surface area contributed by atoms with Crippen LogP contribution in [0.1, 0.15) is 12.5 Å². The smallest absolute Gasteiger partial charge is 0.266 e. The molecule has 24 heavy (non-hydrogen) atoms. The van der Waals surface area contributed by atoms with Crippen molar-refractivity contribution < 1.29 is 15.0 Å². The van der Waals surface area contributed by atoms with Crippen LogP contribution in [0.4, 0.5) is 5.82 Å². The van der Waals surface area contributed by atoms with E-state index in [0.29, 0.717) is 28.0 Å². The van der Waals surface area contributed by atoms with E-state index in [9.17, 15) is 15.0 Å². The van der Waals surface area contributed by atoms with Crippen molar-refractivity contribution in [1.29, 1.82) is 0 Å². The number of carbonyl (C=O) groups is 1. The van der Waals surface area contributed by atoms with Gasteiger partial charge in [-0.15, -0.1) is 0 Å². The van der Waals surface area contributed by atoms with Crippen LogP contribution in [-0.2, 0) is 4.79 Å². The van der Waals surface area contributed by atoms with Crippen molar-refractivity contribution in [3.8, 4) is 11.5 Å². The number of phenols is 2.